The predicted octanol–water partition coefficient (Wildman–Crippen LogP) is 7.33. The topological polar surface area (TPSA) is 53.9 Å². The Bertz CT molecular complexity index is 1900. The maximum absolute atomic E-state index is 15.7. The Kier molecular flexibility index (Phi) is 6.52. The number of likely N-dealkylation sites (tertiary alicyclic amines) is 1. The number of fused-ring (bicyclic) bond motifs is 2. The minimum absolute atomic E-state index is 0.285. The summed E-state index contributed by atoms with van der Waals surface area (Å²) in [6.07, 6.45) is 3.50. The fourth-order valence-corrected chi connectivity index (χ4v) is 7.03. The number of rotatable bonds is 5. The number of piperidine rings is 1. The monoisotopic (exact) mass is 566 g/mol. The summed E-state index contributed by atoms with van der Waals surface area (Å²) in [7, 11) is 2.16. The number of para-hydroxylation sites is 2. The van der Waals surface area contributed by atoms with Crippen molar-refractivity contribution in [2.45, 2.75) is 24.8 Å². The van der Waals surface area contributed by atoms with E-state index in [2.05, 4.69) is 41.2 Å². The van der Waals surface area contributed by atoms with Crippen LogP contribution in [0.2, 0.25) is 0 Å². The molecule has 0 aliphatic carbocycles. The quantitative estimate of drug-likeness (QED) is 0.238. The Morgan fingerprint density at radius 1 is 0.976 bits per heavy atom. The van der Waals surface area contributed by atoms with E-state index < -0.39 is 17.7 Å². The summed E-state index contributed by atoms with van der Waals surface area (Å²) < 4.78 is 31.7. The molecule has 1 aliphatic heterocycles. The molecule has 8 heteroatoms. The van der Waals surface area contributed by atoms with E-state index in [1.54, 1.807) is 18.2 Å². The van der Waals surface area contributed by atoms with Crippen LogP contribution in [0.4, 0.5) is 8.78 Å². The van der Waals surface area contributed by atoms with E-state index in [0.717, 1.165) is 41.9 Å². The first-order chi connectivity index (χ1) is 19.9. The van der Waals surface area contributed by atoms with Gasteiger partial charge in [-0.15, -0.1) is 11.3 Å². The molecule has 6 aromatic rings. The molecule has 0 saturated carbocycles. The van der Waals surface area contributed by atoms with Gasteiger partial charge in [-0.25, -0.2) is 13.8 Å². The molecule has 0 bridgehead atoms. The second-order valence-electron chi connectivity index (χ2n) is 10.8. The molecule has 206 valence electrons. The van der Waals surface area contributed by atoms with Crippen LogP contribution < -0.4 is 5.56 Å². The van der Waals surface area contributed by atoms with Crippen molar-refractivity contribution in [1.82, 2.24) is 19.4 Å². The van der Waals surface area contributed by atoms with Gasteiger partial charge in [0.05, 0.1) is 11.0 Å². The van der Waals surface area contributed by atoms with Crippen molar-refractivity contribution in [3.63, 3.8) is 0 Å². The number of nitrogens with zero attached hydrogens (tertiary/aromatic N) is 3. The fourth-order valence-electron chi connectivity index (χ4n) is 5.92. The summed E-state index contributed by atoms with van der Waals surface area (Å²) in [5.74, 6) is 0.0205. The van der Waals surface area contributed by atoms with Crippen molar-refractivity contribution in [2.75, 3.05) is 20.1 Å². The number of aromatic nitrogens is 3. The third-order valence-corrected chi connectivity index (χ3v) is 9.34. The summed E-state index contributed by atoms with van der Waals surface area (Å²) in [5, 5.41) is 0.285. The van der Waals surface area contributed by atoms with E-state index in [-0.39, 0.29) is 10.9 Å². The lowest BCUT2D eigenvalue weighted by Gasteiger charge is -2.29. The van der Waals surface area contributed by atoms with Crippen LogP contribution in [-0.2, 0) is 0 Å². The van der Waals surface area contributed by atoms with E-state index >= 15 is 4.39 Å². The van der Waals surface area contributed by atoms with Crippen molar-refractivity contribution in [1.29, 1.82) is 0 Å². The second-order valence-corrected chi connectivity index (χ2v) is 11.9. The van der Waals surface area contributed by atoms with Crippen molar-refractivity contribution < 1.29 is 8.78 Å². The Balaban J connectivity index is 1.31. The van der Waals surface area contributed by atoms with E-state index in [4.69, 9.17) is 4.98 Å². The van der Waals surface area contributed by atoms with Crippen LogP contribution in [0.15, 0.2) is 89.9 Å². The van der Waals surface area contributed by atoms with E-state index in [1.807, 2.05) is 24.3 Å². The molecule has 3 aromatic heterocycles. The Morgan fingerprint density at radius 2 is 1.76 bits per heavy atom. The van der Waals surface area contributed by atoms with E-state index in [0.29, 0.717) is 27.5 Å². The molecule has 0 radical (unpaired) electrons. The molecule has 1 unspecified atom stereocenters. The standard InChI is InChI=1S/C33H28F2N4OS/c1-38-15-13-21(14-16-38)20-9-11-22(12-10-20)29-18-25-26(35)19-39(33(40)31(25)41-29)30(23-5-4-6-24(34)17-23)32-36-27-7-2-3-8-28(27)37-32/h2-12,17-19,21,30H,13-16H2,1H3,(H,36,37). The van der Waals surface area contributed by atoms with Crippen molar-refractivity contribution in [3.05, 3.63) is 124 Å². The number of hydrogen-bond donors (Lipinski definition) is 1. The minimum Gasteiger partial charge on any atom is -0.340 e. The van der Waals surface area contributed by atoms with Gasteiger partial charge in [0.15, 0.2) is 0 Å². The molecule has 5 nitrogen and oxygen atoms in total. The Hall–Kier alpha value is -4.14. The van der Waals surface area contributed by atoms with Crippen molar-refractivity contribution in [3.8, 4) is 10.4 Å². The van der Waals surface area contributed by atoms with Gasteiger partial charge in [0.1, 0.15) is 28.2 Å². The number of imidazole rings is 1. The molecule has 41 heavy (non-hydrogen) atoms. The predicted molar refractivity (Wildman–Crippen MR) is 161 cm³/mol. The molecule has 3 aromatic carbocycles. The first kappa shape index (κ1) is 25.8. The molecule has 0 spiro atoms. The minimum atomic E-state index is -0.844. The van der Waals surface area contributed by atoms with Gasteiger partial charge in [0.2, 0.25) is 0 Å². The van der Waals surface area contributed by atoms with Gasteiger partial charge in [-0.1, -0.05) is 48.5 Å². The summed E-state index contributed by atoms with van der Waals surface area (Å²) in [5.41, 5.74) is 3.90. The molecular formula is C33H28F2N4OS. The molecule has 1 atom stereocenters. The zero-order valence-electron chi connectivity index (χ0n) is 22.5. The molecule has 7 rings (SSSR count). The first-order valence-electron chi connectivity index (χ1n) is 13.8. The summed E-state index contributed by atoms with van der Waals surface area (Å²) >= 11 is 1.28. The lowest BCUT2D eigenvalue weighted by molar-refractivity contribution is 0.255. The molecule has 1 N–H and O–H groups in total. The van der Waals surface area contributed by atoms with Crippen LogP contribution in [0.25, 0.3) is 31.6 Å². The molecular weight excluding hydrogens is 538 g/mol. The smallest absolute Gasteiger partial charge is 0.269 e. The van der Waals surface area contributed by atoms with Gasteiger partial charge < -0.3 is 9.88 Å². The van der Waals surface area contributed by atoms with Gasteiger partial charge in [-0.2, -0.15) is 0 Å². The third-order valence-electron chi connectivity index (χ3n) is 8.17. The highest BCUT2D eigenvalue weighted by atomic mass is 32.1. The number of thiophene rings is 1. The largest absolute Gasteiger partial charge is 0.340 e. The lowest BCUT2D eigenvalue weighted by Crippen LogP contribution is -2.29. The normalized spacial score (nSPS) is 15.6. The highest BCUT2D eigenvalue weighted by Gasteiger charge is 2.25. The van der Waals surface area contributed by atoms with E-state index in [1.165, 1.54) is 39.8 Å². The van der Waals surface area contributed by atoms with Gasteiger partial charge >= 0.3 is 0 Å². The first-order valence-corrected chi connectivity index (χ1v) is 14.6. The summed E-state index contributed by atoms with van der Waals surface area (Å²) in [4.78, 5) is 25.1. The number of nitrogens with one attached hydrogen (secondary N) is 1. The molecule has 1 saturated heterocycles. The number of hydrogen-bond acceptors (Lipinski definition) is 4. The highest BCUT2D eigenvalue weighted by Crippen LogP contribution is 2.36. The number of H-pyrrole nitrogens is 1. The van der Waals surface area contributed by atoms with E-state index in [9.17, 15) is 9.18 Å². The van der Waals surface area contributed by atoms with Gasteiger partial charge in [0.25, 0.3) is 5.56 Å². The van der Waals surface area contributed by atoms with Crippen molar-refractivity contribution in [2.24, 2.45) is 0 Å². The Morgan fingerprint density at radius 3 is 2.51 bits per heavy atom. The Labute approximate surface area is 239 Å². The zero-order chi connectivity index (χ0) is 28.1. The lowest BCUT2D eigenvalue weighted by atomic mass is 9.89. The van der Waals surface area contributed by atoms with Crippen LogP contribution in [0.3, 0.4) is 0 Å². The van der Waals surface area contributed by atoms with Crippen LogP contribution in [0, 0.1) is 11.6 Å². The third kappa shape index (κ3) is 4.77. The van der Waals surface area contributed by atoms with Gasteiger partial charge in [0, 0.05) is 16.5 Å². The molecule has 4 heterocycles. The number of aromatic amines is 1. The fraction of sp³-hybridized carbons (Fsp3) is 0.212. The highest BCUT2D eigenvalue weighted by molar-refractivity contribution is 7.22. The number of halogens is 2. The maximum atomic E-state index is 15.7. The summed E-state index contributed by atoms with van der Waals surface area (Å²) in [6, 6.07) is 22.9. The SMILES string of the molecule is CN1CCC(c2ccc(-c3cc4c(F)cn(C(c5cccc(F)c5)c5nc6ccccc6[nH]5)c(=O)c4s3)cc2)CC1. The van der Waals surface area contributed by atoms with Crippen molar-refractivity contribution >= 4 is 32.5 Å². The maximum Gasteiger partial charge on any atom is 0.269 e. The zero-order valence-corrected chi connectivity index (χ0v) is 23.3. The average Bonchev–Trinajstić information content (AvgIpc) is 3.62. The van der Waals surface area contributed by atoms with Crippen LogP contribution >= 0.6 is 11.3 Å². The van der Waals surface area contributed by atoms with Gasteiger partial charge in [-0.05, 0) is 85.9 Å². The molecule has 0 amide bonds. The number of pyridine rings is 1. The van der Waals surface area contributed by atoms with Crippen LogP contribution in [0.1, 0.15) is 41.8 Å². The van der Waals surface area contributed by atoms with Gasteiger partial charge in [-0.3, -0.25) is 9.36 Å². The summed E-state index contributed by atoms with van der Waals surface area (Å²) in [6.45, 7) is 2.19. The molecule has 1 aliphatic rings. The number of benzene rings is 3. The second kappa shape index (κ2) is 10.4. The van der Waals surface area contributed by atoms with Crippen LogP contribution in [0.5, 0.6) is 0 Å². The van der Waals surface area contributed by atoms with Crippen LogP contribution in [-0.4, -0.2) is 39.6 Å². The molecule has 1 fully saturated rings. The average molecular weight is 567 g/mol.